The number of hydrogen-bond acceptors (Lipinski definition) is 4. The maximum atomic E-state index is 13.2. The molecule has 1 aromatic carbocycles. The number of pyridine rings is 1. The molecule has 2 aromatic heterocycles. The predicted octanol–water partition coefficient (Wildman–Crippen LogP) is 4.21. The van der Waals surface area contributed by atoms with Crippen LogP contribution in [0.3, 0.4) is 0 Å². The van der Waals surface area contributed by atoms with Crippen LogP contribution >= 0.6 is 0 Å². The molecular weight excluding hydrogens is 375 g/mol. The van der Waals surface area contributed by atoms with Gasteiger partial charge in [-0.25, -0.2) is 18.6 Å². The Morgan fingerprint density at radius 1 is 1.19 bits per heavy atom. The molecule has 0 aliphatic heterocycles. The molecule has 27 heavy (non-hydrogen) atoms. The first-order valence-corrected chi connectivity index (χ1v) is 7.87. The summed E-state index contributed by atoms with van der Waals surface area (Å²) in [6.07, 6.45) is -5.09. The highest BCUT2D eigenvalue weighted by molar-refractivity contribution is 5.73. The van der Waals surface area contributed by atoms with E-state index in [2.05, 4.69) is 9.72 Å². The van der Waals surface area contributed by atoms with Crippen molar-refractivity contribution in [3.63, 3.8) is 0 Å². The second kappa shape index (κ2) is 5.80. The van der Waals surface area contributed by atoms with Gasteiger partial charge in [0.2, 0.25) is 0 Å². The number of alkyl halides is 5. The first kappa shape index (κ1) is 17.5. The standard InChI is InChI=1S/C17H11F5N2O3/c18-16(19)7-10(16)8-24-14-13(26-15(24)25)6-5-12(23-14)9-1-3-11(4-2-9)27-17(20,21)22/h1-6,10H,7-8H2. The van der Waals surface area contributed by atoms with Crippen LogP contribution in [0.25, 0.3) is 22.5 Å². The minimum Gasteiger partial charge on any atom is -0.406 e. The average molecular weight is 386 g/mol. The summed E-state index contributed by atoms with van der Waals surface area (Å²) in [5, 5.41) is 0. The van der Waals surface area contributed by atoms with E-state index in [9.17, 15) is 26.7 Å². The Hall–Kier alpha value is -2.91. The van der Waals surface area contributed by atoms with E-state index in [1.54, 1.807) is 0 Å². The number of oxazole rings is 1. The molecule has 142 valence electrons. The summed E-state index contributed by atoms with van der Waals surface area (Å²) in [5.74, 6) is -4.91. The van der Waals surface area contributed by atoms with Gasteiger partial charge in [-0.15, -0.1) is 13.2 Å². The van der Waals surface area contributed by atoms with Crippen LogP contribution < -0.4 is 10.5 Å². The van der Waals surface area contributed by atoms with E-state index in [4.69, 9.17) is 4.42 Å². The second-order valence-electron chi connectivity index (χ2n) is 6.23. The van der Waals surface area contributed by atoms with E-state index >= 15 is 0 Å². The number of fused-ring (bicyclic) bond motifs is 1. The smallest absolute Gasteiger partial charge is 0.406 e. The first-order valence-electron chi connectivity index (χ1n) is 7.87. The number of aromatic nitrogens is 2. The largest absolute Gasteiger partial charge is 0.573 e. The summed E-state index contributed by atoms with van der Waals surface area (Å²) >= 11 is 0. The van der Waals surface area contributed by atoms with Crippen molar-refractivity contribution in [3.05, 3.63) is 46.9 Å². The Morgan fingerprint density at radius 2 is 1.85 bits per heavy atom. The molecule has 0 bridgehead atoms. The lowest BCUT2D eigenvalue weighted by atomic mass is 10.1. The fraction of sp³-hybridized carbons (Fsp3) is 0.294. The third-order valence-electron chi connectivity index (χ3n) is 4.25. The van der Waals surface area contributed by atoms with Crippen LogP contribution in [-0.2, 0) is 6.54 Å². The van der Waals surface area contributed by atoms with Crippen LogP contribution in [0.1, 0.15) is 6.42 Å². The average Bonchev–Trinajstić information content (AvgIpc) is 3.05. The van der Waals surface area contributed by atoms with Crippen LogP contribution in [0.5, 0.6) is 5.75 Å². The Morgan fingerprint density at radius 3 is 2.44 bits per heavy atom. The normalized spacial score (nSPS) is 18.6. The van der Waals surface area contributed by atoms with Crippen LogP contribution in [0.2, 0.25) is 0 Å². The molecule has 1 unspecified atom stereocenters. The summed E-state index contributed by atoms with van der Waals surface area (Å²) in [4.78, 5) is 16.2. The molecule has 0 spiro atoms. The number of rotatable bonds is 4. The summed E-state index contributed by atoms with van der Waals surface area (Å²) in [6.45, 7) is -0.215. The van der Waals surface area contributed by atoms with Crippen molar-refractivity contribution < 1.29 is 31.1 Å². The van der Waals surface area contributed by atoms with Gasteiger partial charge >= 0.3 is 12.1 Å². The maximum absolute atomic E-state index is 13.2. The van der Waals surface area contributed by atoms with E-state index in [1.165, 1.54) is 24.3 Å². The number of benzene rings is 1. The van der Waals surface area contributed by atoms with Gasteiger partial charge in [0.25, 0.3) is 5.92 Å². The van der Waals surface area contributed by atoms with Crippen molar-refractivity contribution in [2.45, 2.75) is 25.3 Å². The number of nitrogens with zero attached hydrogens (tertiary/aromatic N) is 2. The summed E-state index contributed by atoms with van der Waals surface area (Å²) in [6, 6.07) is 7.96. The predicted molar refractivity (Wildman–Crippen MR) is 83.4 cm³/mol. The Kier molecular flexibility index (Phi) is 3.76. The third kappa shape index (κ3) is 3.51. The zero-order valence-corrected chi connectivity index (χ0v) is 13.5. The van der Waals surface area contributed by atoms with Gasteiger partial charge < -0.3 is 9.15 Å². The van der Waals surface area contributed by atoms with Gasteiger partial charge in [0.05, 0.1) is 5.69 Å². The second-order valence-corrected chi connectivity index (χ2v) is 6.23. The van der Waals surface area contributed by atoms with E-state index < -0.39 is 24.0 Å². The summed E-state index contributed by atoms with van der Waals surface area (Å²) < 4.78 is 72.8. The topological polar surface area (TPSA) is 57.3 Å². The Balaban J connectivity index is 1.66. The quantitative estimate of drug-likeness (QED) is 0.631. The van der Waals surface area contributed by atoms with Gasteiger partial charge in [-0.1, -0.05) is 0 Å². The van der Waals surface area contributed by atoms with E-state index in [0.29, 0.717) is 11.3 Å². The third-order valence-corrected chi connectivity index (χ3v) is 4.25. The lowest BCUT2D eigenvalue weighted by Gasteiger charge is -2.09. The highest BCUT2D eigenvalue weighted by atomic mass is 19.4. The maximum Gasteiger partial charge on any atom is 0.573 e. The van der Waals surface area contributed by atoms with Crippen molar-refractivity contribution >= 4 is 11.2 Å². The molecule has 1 fully saturated rings. The molecule has 3 aromatic rings. The summed E-state index contributed by atoms with van der Waals surface area (Å²) in [7, 11) is 0. The van der Waals surface area contributed by atoms with E-state index in [-0.39, 0.29) is 29.9 Å². The van der Waals surface area contributed by atoms with Crippen molar-refractivity contribution in [2.75, 3.05) is 0 Å². The molecule has 1 atom stereocenters. The van der Waals surface area contributed by atoms with Gasteiger partial charge in [0.1, 0.15) is 5.75 Å². The molecule has 2 heterocycles. The minimum atomic E-state index is -4.80. The number of halogens is 5. The van der Waals surface area contributed by atoms with Crippen molar-refractivity contribution in [2.24, 2.45) is 5.92 Å². The van der Waals surface area contributed by atoms with Crippen molar-refractivity contribution in [3.8, 4) is 17.0 Å². The van der Waals surface area contributed by atoms with Crippen LogP contribution in [0, 0.1) is 5.92 Å². The fourth-order valence-corrected chi connectivity index (χ4v) is 2.78. The van der Waals surface area contributed by atoms with Crippen molar-refractivity contribution in [1.82, 2.24) is 9.55 Å². The van der Waals surface area contributed by atoms with E-state index in [0.717, 1.165) is 16.7 Å². The molecular formula is C17H11F5N2O3. The first-order chi connectivity index (χ1) is 12.6. The van der Waals surface area contributed by atoms with Crippen LogP contribution in [0.15, 0.2) is 45.6 Å². The fourth-order valence-electron chi connectivity index (χ4n) is 2.78. The zero-order chi connectivity index (χ0) is 19.4. The number of hydrogen-bond donors (Lipinski definition) is 0. The Labute approximate surface area is 148 Å². The molecule has 0 radical (unpaired) electrons. The van der Waals surface area contributed by atoms with E-state index in [1.807, 2.05) is 0 Å². The lowest BCUT2D eigenvalue weighted by Crippen LogP contribution is -2.17. The molecule has 4 rings (SSSR count). The SMILES string of the molecule is O=c1oc2ccc(-c3ccc(OC(F)(F)F)cc3)nc2n1CC1CC1(F)F. The highest BCUT2D eigenvalue weighted by Crippen LogP contribution is 2.49. The van der Waals surface area contributed by atoms with Crippen LogP contribution in [-0.4, -0.2) is 21.8 Å². The molecule has 0 amide bonds. The molecule has 5 nitrogen and oxygen atoms in total. The zero-order valence-electron chi connectivity index (χ0n) is 13.5. The van der Waals surface area contributed by atoms with Gasteiger partial charge in [-0.05, 0) is 36.4 Å². The van der Waals surface area contributed by atoms with Crippen LogP contribution in [0.4, 0.5) is 22.0 Å². The van der Waals surface area contributed by atoms with Gasteiger partial charge in [-0.3, -0.25) is 4.57 Å². The van der Waals surface area contributed by atoms with Gasteiger partial charge in [0.15, 0.2) is 11.2 Å². The highest BCUT2D eigenvalue weighted by Gasteiger charge is 2.57. The molecule has 0 saturated heterocycles. The minimum absolute atomic E-state index is 0.107. The van der Waals surface area contributed by atoms with Crippen molar-refractivity contribution in [1.29, 1.82) is 0 Å². The monoisotopic (exact) mass is 386 g/mol. The lowest BCUT2D eigenvalue weighted by molar-refractivity contribution is -0.274. The molecule has 1 aliphatic rings. The number of ether oxygens (including phenoxy) is 1. The molecule has 0 N–H and O–H groups in total. The molecule has 1 saturated carbocycles. The molecule has 1 aliphatic carbocycles. The molecule has 10 heteroatoms. The van der Waals surface area contributed by atoms with Gasteiger partial charge in [-0.2, -0.15) is 0 Å². The van der Waals surface area contributed by atoms with Gasteiger partial charge in [0, 0.05) is 24.4 Å². The summed E-state index contributed by atoms with van der Waals surface area (Å²) in [5.41, 5.74) is 1.06. The Bertz CT molecular complexity index is 1050.